The molecule has 1 atom stereocenters. The van der Waals surface area contributed by atoms with Crippen molar-refractivity contribution in [2.24, 2.45) is 5.73 Å². The molecular weight excluding hydrogens is 425 g/mol. The topological polar surface area (TPSA) is 94.9 Å². The van der Waals surface area contributed by atoms with Crippen LogP contribution in [-0.4, -0.2) is 24.5 Å². The molecule has 0 fully saturated rings. The van der Waals surface area contributed by atoms with E-state index >= 15 is 0 Å². The van der Waals surface area contributed by atoms with E-state index < -0.39 is 12.3 Å². The fourth-order valence-electron chi connectivity index (χ4n) is 3.80. The molecule has 6 nitrogen and oxygen atoms in total. The molecule has 4 rings (SSSR count). The fourth-order valence-corrected chi connectivity index (χ4v) is 3.80. The maximum Gasteiger partial charge on any atom is 0.307 e. The maximum atomic E-state index is 13.3. The highest BCUT2D eigenvalue weighted by atomic mass is 19.1. The Kier molecular flexibility index (Phi) is 6.60. The lowest BCUT2D eigenvalue weighted by molar-refractivity contribution is -0.136. The summed E-state index contributed by atoms with van der Waals surface area (Å²) in [5, 5.41) is 10.1. The normalized spacial score (nSPS) is 12.0. The maximum absolute atomic E-state index is 13.3. The minimum Gasteiger partial charge on any atom is -0.497 e. The molecule has 33 heavy (non-hydrogen) atoms. The number of carbonyl (C=O) groups is 1. The number of benzene rings is 3. The lowest BCUT2D eigenvalue weighted by Crippen LogP contribution is -2.15. The van der Waals surface area contributed by atoms with Gasteiger partial charge < -0.3 is 24.7 Å². The third-order valence-electron chi connectivity index (χ3n) is 5.29. The van der Waals surface area contributed by atoms with E-state index in [9.17, 15) is 14.3 Å². The summed E-state index contributed by atoms with van der Waals surface area (Å²) in [5.74, 6) is 0.0810. The molecule has 4 aromatic rings. The Labute approximate surface area is 190 Å². The molecule has 0 aliphatic rings. The van der Waals surface area contributed by atoms with Crippen molar-refractivity contribution in [3.63, 3.8) is 0 Å². The summed E-state index contributed by atoms with van der Waals surface area (Å²) >= 11 is 0. The predicted molar refractivity (Wildman–Crippen MR) is 123 cm³/mol. The number of alkyl halides is 1. The average Bonchev–Trinajstić information content (AvgIpc) is 3.26. The zero-order valence-electron chi connectivity index (χ0n) is 18.1. The van der Waals surface area contributed by atoms with Crippen molar-refractivity contribution in [3.05, 3.63) is 83.6 Å². The third kappa shape index (κ3) is 5.32. The van der Waals surface area contributed by atoms with E-state index in [1.807, 2.05) is 42.5 Å². The van der Waals surface area contributed by atoms with Crippen LogP contribution in [0.2, 0.25) is 0 Å². The van der Waals surface area contributed by atoms with Crippen LogP contribution in [0.25, 0.3) is 22.1 Å². The SMILES string of the molecule is COc1ccc(CC(=O)O)c(OCc2cc(-c3cccc(C[C@@H](N)F)c3)c3occc3c2)c1. The van der Waals surface area contributed by atoms with Crippen LogP contribution in [0.4, 0.5) is 4.39 Å². The molecule has 0 saturated heterocycles. The molecule has 170 valence electrons. The van der Waals surface area contributed by atoms with Crippen LogP contribution in [0.1, 0.15) is 16.7 Å². The number of rotatable bonds is 9. The zero-order chi connectivity index (χ0) is 23.4. The molecule has 0 aliphatic carbocycles. The number of nitrogens with two attached hydrogens (primary N) is 1. The largest absolute Gasteiger partial charge is 0.497 e. The van der Waals surface area contributed by atoms with Crippen molar-refractivity contribution in [2.75, 3.05) is 7.11 Å². The number of halogens is 1. The number of ether oxygens (including phenoxy) is 2. The first kappa shape index (κ1) is 22.4. The van der Waals surface area contributed by atoms with Gasteiger partial charge in [-0.25, -0.2) is 4.39 Å². The molecule has 0 amide bonds. The van der Waals surface area contributed by atoms with E-state index in [4.69, 9.17) is 19.6 Å². The summed E-state index contributed by atoms with van der Waals surface area (Å²) in [5.41, 5.74) is 9.98. The average molecular weight is 449 g/mol. The van der Waals surface area contributed by atoms with Crippen molar-refractivity contribution in [2.45, 2.75) is 25.7 Å². The number of methoxy groups -OCH3 is 1. The second-order valence-electron chi connectivity index (χ2n) is 7.74. The Morgan fingerprint density at radius 3 is 2.73 bits per heavy atom. The number of hydrogen-bond acceptors (Lipinski definition) is 5. The number of carboxylic acid groups (broad SMARTS) is 1. The minimum absolute atomic E-state index is 0.125. The molecule has 0 radical (unpaired) electrons. The summed E-state index contributed by atoms with van der Waals surface area (Å²) in [7, 11) is 1.54. The molecule has 1 aromatic heterocycles. The predicted octanol–water partition coefficient (Wildman–Crippen LogP) is 5.11. The summed E-state index contributed by atoms with van der Waals surface area (Å²) in [6, 6.07) is 18.4. The summed E-state index contributed by atoms with van der Waals surface area (Å²) in [6.45, 7) is 0.211. The van der Waals surface area contributed by atoms with Gasteiger partial charge in [-0.05, 0) is 41.0 Å². The lowest BCUT2D eigenvalue weighted by Gasteiger charge is -2.14. The first-order valence-electron chi connectivity index (χ1n) is 10.4. The zero-order valence-corrected chi connectivity index (χ0v) is 18.1. The monoisotopic (exact) mass is 449 g/mol. The molecule has 0 spiro atoms. The number of furan rings is 1. The van der Waals surface area contributed by atoms with Crippen LogP contribution in [0.5, 0.6) is 11.5 Å². The van der Waals surface area contributed by atoms with Gasteiger partial charge in [-0.3, -0.25) is 4.79 Å². The van der Waals surface area contributed by atoms with Crippen LogP contribution in [0.3, 0.4) is 0 Å². The third-order valence-corrected chi connectivity index (χ3v) is 5.29. The summed E-state index contributed by atoms with van der Waals surface area (Å²) in [4.78, 5) is 11.2. The summed E-state index contributed by atoms with van der Waals surface area (Å²) in [6.07, 6.45) is 0.161. The van der Waals surface area contributed by atoms with Crippen LogP contribution >= 0.6 is 0 Å². The van der Waals surface area contributed by atoms with Gasteiger partial charge in [0.05, 0.1) is 19.8 Å². The quantitative estimate of drug-likeness (QED) is 0.345. The van der Waals surface area contributed by atoms with Crippen LogP contribution in [0.15, 0.2) is 71.3 Å². The van der Waals surface area contributed by atoms with E-state index in [-0.39, 0.29) is 19.4 Å². The Bertz CT molecular complexity index is 1280. The number of carboxylic acids is 1. The van der Waals surface area contributed by atoms with E-state index in [2.05, 4.69) is 0 Å². The first-order valence-corrected chi connectivity index (χ1v) is 10.4. The van der Waals surface area contributed by atoms with Crippen molar-refractivity contribution < 1.29 is 28.2 Å². The van der Waals surface area contributed by atoms with Crippen LogP contribution < -0.4 is 15.2 Å². The van der Waals surface area contributed by atoms with Crippen LogP contribution in [0, 0.1) is 0 Å². The highest BCUT2D eigenvalue weighted by Crippen LogP contribution is 2.33. The lowest BCUT2D eigenvalue weighted by atomic mass is 9.98. The molecule has 0 aliphatic heterocycles. The Morgan fingerprint density at radius 1 is 1.12 bits per heavy atom. The van der Waals surface area contributed by atoms with Crippen LogP contribution in [-0.2, 0) is 24.2 Å². The van der Waals surface area contributed by atoms with E-state index in [1.54, 1.807) is 31.6 Å². The summed E-state index contributed by atoms with van der Waals surface area (Å²) < 4.78 is 30.3. The molecule has 7 heteroatoms. The standard InChI is InChI=1S/C26H24FNO5/c1-31-21-6-5-19(13-25(29)30)23(14-21)33-15-17-10-20-7-8-32-26(20)22(11-17)18-4-2-3-16(9-18)12-24(27)28/h2-11,14,24H,12-13,15,28H2,1H3,(H,29,30)/t24-/m1/s1. The second kappa shape index (κ2) is 9.75. The van der Waals surface area contributed by atoms with Gasteiger partial charge in [0.15, 0.2) is 6.30 Å². The van der Waals surface area contributed by atoms with Crippen molar-refractivity contribution in [1.29, 1.82) is 0 Å². The number of aliphatic carboxylic acids is 1. The smallest absolute Gasteiger partial charge is 0.307 e. The van der Waals surface area contributed by atoms with Crippen molar-refractivity contribution in [1.82, 2.24) is 0 Å². The van der Waals surface area contributed by atoms with Gasteiger partial charge in [-0.15, -0.1) is 0 Å². The van der Waals surface area contributed by atoms with Gasteiger partial charge in [0.1, 0.15) is 23.7 Å². The van der Waals surface area contributed by atoms with Gasteiger partial charge in [0.2, 0.25) is 0 Å². The van der Waals surface area contributed by atoms with Gasteiger partial charge >= 0.3 is 5.97 Å². The Morgan fingerprint density at radius 2 is 1.97 bits per heavy atom. The van der Waals surface area contributed by atoms with E-state index in [0.29, 0.717) is 22.6 Å². The molecule has 3 N–H and O–H groups in total. The fraction of sp³-hybridized carbons (Fsp3) is 0.192. The Balaban J connectivity index is 1.66. The molecule has 0 saturated carbocycles. The number of hydrogen-bond donors (Lipinski definition) is 2. The van der Waals surface area contributed by atoms with Crippen molar-refractivity contribution in [3.8, 4) is 22.6 Å². The number of fused-ring (bicyclic) bond motifs is 1. The van der Waals surface area contributed by atoms with E-state index in [0.717, 1.165) is 27.6 Å². The second-order valence-corrected chi connectivity index (χ2v) is 7.74. The molecule has 0 unspecified atom stereocenters. The Hall–Kier alpha value is -3.84. The van der Waals surface area contributed by atoms with Gasteiger partial charge in [-0.2, -0.15) is 0 Å². The highest BCUT2D eigenvalue weighted by molar-refractivity contribution is 5.93. The molecule has 0 bridgehead atoms. The van der Waals surface area contributed by atoms with Gasteiger partial charge in [-0.1, -0.05) is 30.3 Å². The minimum atomic E-state index is -1.42. The highest BCUT2D eigenvalue weighted by Gasteiger charge is 2.14. The van der Waals surface area contributed by atoms with Crippen molar-refractivity contribution >= 4 is 16.9 Å². The van der Waals surface area contributed by atoms with Gasteiger partial charge in [0.25, 0.3) is 0 Å². The van der Waals surface area contributed by atoms with E-state index in [1.165, 1.54) is 0 Å². The molecular formula is C26H24FNO5. The molecule has 1 heterocycles. The van der Waals surface area contributed by atoms with Gasteiger partial charge in [0, 0.05) is 29.0 Å². The molecule has 3 aromatic carbocycles. The first-order chi connectivity index (χ1) is 15.9.